The fraction of sp³-hybridized carbons (Fsp3) is 0.278. The molecule has 2 aromatic heterocycles. The van der Waals surface area contributed by atoms with Crippen molar-refractivity contribution in [3.8, 4) is 5.69 Å². The van der Waals surface area contributed by atoms with Crippen LogP contribution in [0.15, 0.2) is 77.5 Å². The van der Waals surface area contributed by atoms with E-state index < -0.39 is 41.8 Å². The largest absolute Gasteiger partial charge is 0.475 e. The Hall–Kier alpha value is -6.33. The van der Waals surface area contributed by atoms with Crippen LogP contribution >= 0.6 is 11.6 Å². The number of anilines is 3. The number of fused-ring (bicyclic) bond motifs is 1. The molecule has 18 heteroatoms. The third-order valence-electron chi connectivity index (χ3n) is 9.24. The zero-order valence-corrected chi connectivity index (χ0v) is 29.9. The van der Waals surface area contributed by atoms with Gasteiger partial charge in [-0.25, -0.2) is 9.59 Å². The summed E-state index contributed by atoms with van der Waals surface area (Å²) in [4.78, 5) is 68.3. The van der Waals surface area contributed by atoms with Crippen molar-refractivity contribution in [3.05, 3.63) is 89.4 Å². The first-order chi connectivity index (χ1) is 25.9. The highest BCUT2D eigenvalue weighted by molar-refractivity contribution is 6.41. The molecular weight excluding hydrogens is 722 g/mol. The summed E-state index contributed by atoms with van der Waals surface area (Å²) in [6.07, 6.45) is 2.09. The summed E-state index contributed by atoms with van der Waals surface area (Å²) < 4.78 is 6.66. The number of furan rings is 1. The number of carbonyl (C=O) groups is 5. The highest BCUT2D eigenvalue weighted by Crippen LogP contribution is 2.30. The number of nitrogens with zero attached hydrogens (tertiary/aromatic N) is 6. The number of piperazine rings is 1. The number of aromatic nitrogens is 4. The number of benzene rings is 3. The lowest BCUT2D eigenvalue weighted by Gasteiger charge is -2.38. The second kappa shape index (κ2) is 16.1. The minimum Gasteiger partial charge on any atom is -0.475 e. The number of tetrazole rings is 1. The molecule has 5 N–H and O–H groups in total. The molecule has 54 heavy (non-hydrogen) atoms. The fourth-order valence-electron chi connectivity index (χ4n) is 6.09. The van der Waals surface area contributed by atoms with Crippen molar-refractivity contribution in [3.63, 3.8) is 0 Å². The molecule has 5 aromatic rings. The monoisotopic (exact) mass is 757 g/mol. The topological polar surface area (TPSA) is 225 Å². The van der Waals surface area contributed by atoms with E-state index in [0.717, 1.165) is 6.42 Å². The molecule has 3 unspecified atom stereocenters. The van der Waals surface area contributed by atoms with Gasteiger partial charge in [0, 0.05) is 41.3 Å². The molecule has 6 rings (SSSR count). The van der Waals surface area contributed by atoms with Crippen molar-refractivity contribution < 1.29 is 38.6 Å². The average molecular weight is 758 g/mol. The van der Waals surface area contributed by atoms with Crippen LogP contribution in [0.1, 0.15) is 36.4 Å². The second-order valence-corrected chi connectivity index (χ2v) is 13.1. The van der Waals surface area contributed by atoms with Gasteiger partial charge in [-0.3, -0.25) is 14.4 Å². The van der Waals surface area contributed by atoms with Crippen LogP contribution in [0.5, 0.6) is 0 Å². The minimum absolute atomic E-state index is 0.00617. The molecule has 1 aliphatic heterocycles. The lowest BCUT2D eigenvalue weighted by Crippen LogP contribution is -2.60. The molecule has 280 valence electrons. The predicted octanol–water partition coefficient (Wildman–Crippen LogP) is 3.71. The number of urea groups is 1. The van der Waals surface area contributed by atoms with Crippen molar-refractivity contribution in [2.75, 3.05) is 35.2 Å². The van der Waals surface area contributed by atoms with E-state index in [1.165, 1.54) is 45.1 Å². The molecule has 3 aromatic carbocycles. The van der Waals surface area contributed by atoms with E-state index in [1.807, 2.05) is 13.8 Å². The second-order valence-electron chi connectivity index (χ2n) is 12.7. The first-order valence-corrected chi connectivity index (χ1v) is 17.3. The Bertz CT molecular complexity index is 2190. The molecule has 1 saturated heterocycles. The van der Waals surface area contributed by atoms with Crippen molar-refractivity contribution in [1.29, 1.82) is 0 Å². The highest BCUT2D eigenvalue weighted by Gasteiger charge is 2.40. The summed E-state index contributed by atoms with van der Waals surface area (Å²) >= 11 is 6.29. The summed E-state index contributed by atoms with van der Waals surface area (Å²) in [5.74, 6) is -3.90. The van der Waals surface area contributed by atoms with Gasteiger partial charge in [0.25, 0.3) is 0 Å². The van der Waals surface area contributed by atoms with E-state index in [9.17, 15) is 34.2 Å². The number of aliphatic hydroxyl groups excluding tert-OH is 1. The minimum atomic E-state index is -1.25. The Labute approximate surface area is 312 Å². The number of hydrogen-bond donors (Lipinski definition) is 5. The normalized spacial score (nSPS) is 14.8. The van der Waals surface area contributed by atoms with Gasteiger partial charge < -0.3 is 40.4 Å². The molecule has 0 radical (unpaired) electrons. The van der Waals surface area contributed by atoms with Crippen LogP contribution in [0.25, 0.3) is 16.7 Å². The van der Waals surface area contributed by atoms with Gasteiger partial charge in [0.05, 0.1) is 24.0 Å². The number of carboxylic acids is 1. The standard InChI is InChI=1S/C36H36ClN9O8/c1-3-20(2)26(18-47)41-36(53)40-24-7-4-21(5-8-24)14-29(32(48)39-25-9-11-30-22(15-25)16-31(54-30)35(51)52)45-13-12-44(33(49)34(45)50)28-17-23(37)6-10-27(28)46-19-38-42-43-46/h4-11,15-17,19-20,26,29,47H,3,12-14,18H2,1-2H3,(H,39,48)(H,51,52)(H2,40,41,53). The molecule has 1 fully saturated rings. The Morgan fingerprint density at radius 2 is 1.70 bits per heavy atom. The highest BCUT2D eigenvalue weighted by atomic mass is 35.5. The van der Waals surface area contributed by atoms with Crippen molar-refractivity contribution >= 4 is 69.4 Å². The SMILES string of the molecule is CCC(C)C(CO)NC(=O)Nc1ccc(CC(C(=O)Nc2ccc3oc(C(=O)O)cc3c2)N2CCN(c3cc(Cl)ccc3-n3cnnn3)C(=O)C2=O)cc1. The van der Waals surface area contributed by atoms with Crippen molar-refractivity contribution in [2.45, 2.75) is 38.8 Å². The number of amides is 5. The van der Waals surface area contributed by atoms with Crippen LogP contribution in [0, 0.1) is 5.92 Å². The van der Waals surface area contributed by atoms with Crippen LogP contribution in [-0.2, 0) is 20.8 Å². The van der Waals surface area contributed by atoms with Crippen molar-refractivity contribution in [2.24, 2.45) is 5.92 Å². The quantitative estimate of drug-likeness (QED) is 0.109. The maximum atomic E-state index is 14.1. The van der Waals surface area contributed by atoms with Crippen LogP contribution < -0.4 is 20.9 Å². The molecule has 0 spiro atoms. The van der Waals surface area contributed by atoms with E-state index in [0.29, 0.717) is 44.3 Å². The number of nitrogens with one attached hydrogen (secondary N) is 3. The van der Waals surface area contributed by atoms with Gasteiger partial charge in [0.2, 0.25) is 11.7 Å². The Morgan fingerprint density at radius 1 is 0.944 bits per heavy atom. The number of carboxylic acid groups (broad SMARTS) is 1. The van der Waals surface area contributed by atoms with Crippen molar-refractivity contribution in [1.82, 2.24) is 30.4 Å². The summed E-state index contributed by atoms with van der Waals surface area (Å²) in [6.45, 7) is 3.66. The van der Waals surface area contributed by atoms with Gasteiger partial charge in [0.15, 0.2) is 0 Å². The first-order valence-electron chi connectivity index (χ1n) is 17.0. The van der Waals surface area contributed by atoms with Gasteiger partial charge in [-0.1, -0.05) is 44.0 Å². The molecule has 1 aliphatic rings. The zero-order valence-electron chi connectivity index (χ0n) is 29.1. The summed E-state index contributed by atoms with van der Waals surface area (Å²) in [5.41, 5.74) is 2.38. The Balaban J connectivity index is 1.25. The van der Waals surface area contributed by atoms with Crippen LogP contribution in [0.2, 0.25) is 5.02 Å². The smallest absolute Gasteiger partial charge is 0.371 e. The first kappa shape index (κ1) is 37.4. The Morgan fingerprint density at radius 3 is 2.39 bits per heavy atom. The molecule has 0 bridgehead atoms. The maximum absolute atomic E-state index is 14.1. The molecule has 0 saturated carbocycles. The molecule has 17 nitrogen and oxygen atoms in total. The number of hydrogen-bond acceptors (Lipinski definition) is 10. The van der Waals surface area contributed by atoms with Crippen LogP contribution in [-0.4, -0.2) is 96.8 Å². The number of aromatic carboxylic acids is 1. The fourth-order valence-corrected chi connectivity index (χ4v) is 6.25. The van der Waals surface area contributed by atoms with E-state index in [-0.39, 0.29) is 37.8 Å². The molecular formula is C36H36ClN9O8. The summed E-state index contributed by atoms with van der Waals surface area (Å²) in [7, 11) is 0. The number of rotatable bonds is 13. The van der Waals surface area contributed by atoms with E-state index in [2.05, 4.69) is 31.5 Å². The van der Waals surface area contributed by atoms with Crippen LogP contribution in [0.3, 0.4) is 0 Å². The zero-order chi connectivity index (χ0) is 38.5. The molecule has 3 atom stereocenters. The maximum Gasteiger partial charge on any atom is 0.371 e. The van der Waals surface area contributed by atoms with E-state index >= 15 is 0 Å². The van der Waals surface area contributed by atoms with Gasteiger partial charge in [-0.15, -0.1) is 5.10 Å². The third kappa shape index (κ3) is 8.16. The number of aliphatic hydroxyl groups is 1. The van der Waals surface area contributed by atoms with Gasteiger partial charge >= 0.3 is 23.8 Å². The Kier molecular flexibility index (Phi) is 11.2. The van der Waals surface area contributed by atoms with Gasteiger partial charge in [-0.2, -0.15) is 4.68 Å². The average Bonchev–Trinajstić information content (AvgIpc) is 3.85. The van der Waals surface area contributed by atoms with Gasteiger partial charge in [-0.05, 0) is 76.5 Å². The summed E-state index contributed by atoms with van der Waals surface area (Å²) in [6, 6.07) is 15.2. The van der Waals surface area contributed by atoms with E-state index in [4.69, 9.17) is 16.0 Å². The predicted molar refractivity (Wildman–Crippen MR) is 196 cm³/mol. The van der Waals surface area contributed by atoms with E-state index in [1.54, 1.807) is 42.5 Å². The molecule has 5 amide bonds. The molecule has 3 heterocycles. The molecule has 0 aliphatic carbocycles. The number of halogens is 1. The third-order valence-corrected chi connectivity index (χ3v) is 9.47. The number of carbonyl (C=O) groups excluding carboxylic acids is 4. The summed E-state index contributed by atoms with van der Waals surface area (Å²) in [5, 5.41) is 39.3. The lowest BCUT2D eigenvalue weighted by atomic mass is 10.0. The lowest BCUT2D eigenvalue weighted by molar-refractivity contribution is -0.149. The van der Waals surface area contributed by atoms with Gasteiger partial charge in [0.1, 0.15) is 18.0 Å². The van der Waals surface area contributed by atoms with Crippen LogP contribution in [0.4, 0.5) is 21.9 Å².